The van der Waals surface area contributed by atoms with Gasteiger partial charge in [-0.25, -0.2) is 0 Å². The lowest BCUT2D eigenvalue weighted by molar-refractivity contribution is -0.137. The van der Waals surface area contributed by atoms with Crippen molar-refractivity contribution < 1.29 is 27.4 Å². The van der Waals surface area contributed by atoms with E-state index in [-0.39, 0.29) is 17.2 Å². The summed E-state index contributed by atoms with van der Waals surface area (Å²) in [6, 6.07) is 12.5. The zero-order valence-electron chi connectivity index (χ0n) is 19.1. The molecule has 2 atom stereocenters. The molecule has 0 radical (unpaired) electrons. The molecule has 0 unspecified atom stereocenters. The number of benzene rings is 2. The van der Waals surface area contributed by atoms with Crippen LogP contribution < -0.4 is 9.64 Å². The van der Waals surface area contributed by atoms with Crippen LogP contribution in [-0.4, -0.2) is 57.8 Å². The molecular formula is C25H26F3N3O3. The Morgan fingerprint density at radius 3 is 2.65 bits per heavy atom. The van der Waals surface area contributed by atoms with Crippen LogP contribution in [0.15, 0.2) is 42.5 Å². The summed E-state index contributed by atoms with van der Waals surface area (Å²) in [5.41, 5.74) is -0.693. The van der Waals surface area contributed by atoms with Crippen LogP contribution in [0.25, 0.3) is 0 Å². The highest BCUT2D eigenvalue weighted by molar-refractivity contribution is 5.97. The predicted octanol–water partition coefficient (Wildman–Crippen LogP) is 4.20. The molecule has 2 aliphatic rings. The molecule has 2 heterocycles. The zero-order chi connectivity index (χ0) is 24.5. The second-order valence-corrected chi connectivity index (χ2v) is 8.91. The summed E-state index contributed by atoms with van der Waals surface area (Å²) >= 11 is 0. The minimum absolute atomic E-state index is 0.0184. The van der Waals surface area contributed by atoms with Gasteiger partial charge in [0.15, 0.2) is 0 Å². The van der Waals surface area contributed by atoms with Gasteiger partial charge >= 0.3 is 6.18 Å². The van der Waals surface area contributed by atoms with E-state index in [1.165, 1.54) is 13.2 Å². The fourth-order valence-electron chi connectivity index (χ4n) is 5.25. The van der Waals surface area contributed by atoms with E-state index in [1.807, 2.05) is 4.90 Å². The molecular weight excluding hydrogens is 447 g/mol. The number of nitriles is 1. The number of para-hydroxylation sites is 1. The van der Waals surface area contributed by atoms with Gasteiger partial charge in [0.2, 0.25) is 0 Å². The number of halogens is 3. The maximum absolute atomic E-state index is 13.5. The average Bonchev–Trinajstić information content (AvgIpc) is 3.21. The summed E-state index contributed by atoms with van der Waals surface area (Å²) in [4.78, 5) is 17.0. The maximum atomic E-state index is 13.5. The van der Waals surface area contributed by atoms with E-state index in [4.69, 9.17) is 14.7 Å². The number of hydrogen-bond acceptors (Lipinski definition) is 5. The van der Waals surface area contributed by atoms with Crippen LogP contribution in [0.4, 0.5) is 18.9 Å². The van der Waals surface area contributed by atoms with E-state index in [0.29, 0.717) is 56.2 Å². The van der Waals surface area contributed by atoms with Crippen molar-refractivity contribution in [1.82, 2.24) is 4.90 Å². The van der Waals surface area contributed by atoms with Crippen molar-refractivity contribution in [2.75, 3.05) is 51.9 Å². The number of anilines is 1. The molecule has 1 amide bonds. The first-order valence-corrected chi connectivity index (χ1v) is 11.0. The Labute approximate surface area is 196 Å². The molecule has 2 aliphatic heterocycles. The molecule has 0 bridgehead atoms. The Morgan fingerprint density at radius 2 is 1.97 bits per heavy atom. The number of rotatable bonds is 5. The van der Waals surface area contributed by atoms with Crippen molar-refractivity contribution in [2.45, 2.75) is 12.6 Å². The SMILES string of the molecule is COC[C@@]12CCN(c3ccc(C#N)c(C(F)(F)F)c3)C[C@@H]1CN(C(=O)c1ccccc1OC)C2. The molecule has 0 saturated carbocycles. The summed E-state index contributed by atoms with van der Waals surface area (Å²) in [5.74, 6) is 0.387. The van der Waals surface area contributed by atoms with Crippen molar-refractivity contribution in [1.29, 1.82) is 5.26 Å². The number of piperidine rings is 1. The first-order chi connectivity index (χ1) is 16.2. The highest BCUT2D eigenvalue weighted by atomic mass is 19.4. The van der Waals surface area contributed by atoms with Crippen LogP contribution in [0.5, 0.6) is 5.75 Å². The second-order valence-electron chi connectivity index (χ2n) is 8.91. The van der Waals surface area contributed by atoms with Crippen molar-refractivity contribution in [3.8, 4) is 11.8 Å². The molecule has 2 fully saturated rings. The van der Waals surface area contributed by atoms with Crippen LogP contribution >= 0.6 is 0 Å². The zero-order valence-corrected chi connectivity index (χ0v) is 19.1. The summed E-state index contributed by atoms with van der Waals surface area (Å²) in [7, 11) is 3.14. The van der Waals surface area contributed by atoms with Crippen LogP contribution in [-0.2, 0) is 10.9 Å². The fraction of sp³-hybridized carbons (Fsp3) is 0.440. The van der Waals surface area contributed by atoms with Crippen LogP contribution in [0, 0.1) is 22.7 Å². The summed E-state index contributed by atoms with van der Waals surface area (Å²) in [6.45, 7) is 2.46. The quantitative estimate of drug-likeness (QED) is 0.651. The minimum atomic E-state index is -4.61. The van der Waals surface area contributed by atoms with E-state index < -0.39 is 17.3 Å². The largest absolute Gasteiger partial charge is 0.496 e. The number of likely N-dealkylation sites (tertiary alicyclic amines) is 1. The summed E-state index contributed by atoms with van der Waals surface area (Å²) < 4.78 is 51.3. The Hall–Kier alpha value is -3.25. The maximum Gasteiger partial charge on any atom is 0.417 e. The van der Waals surface area contributed by atoms with Gasteiger partial charge in [0.05, 0.1) is 36.5 Å². The molecule has 0 aromatic heterocycles. The average molecular weight is 473 g/mol. The molecule has 0 spiro atoms. The van der Waals surface area contributed by atoms with E-state index in [1.54, 1.807) is 48.4 Å². The molecule has 2 saturated heterocycles. The van der Waals surface area contributed by atoms with E-state index in [2.05, 4.69) is 0 Å². The molecule has 9 heteroatoms. The number of ether oxygens (including phenoxy) is 2. The Kier molecular flexibility index (Phi) is 6.45. The fourth-order valence-corrected chi connectivity index (χ4v) is 5.25. The number of carbonyl (C=O) groups excluding carboxylic acids is 1. The van der Waals surface area contributed by atoms with E-state index >= 15 is 0 Å². The summed E-state index contributed by atoms with van der Waals surface area (Å²) in [5, 5.41) is 9.09. The topological polar surface area (TPSA) is 65.8 Å². The van der Waals surface area contributed by atoms with Gasteiger partial charge in [-0.15, -0.1) is 0 Å². The van der Waals surface area contributed by atoms with Crippen molar-refractivity contribution in [2.24, 2.45) is 11.3 Å². The molecule has 6 nitrogen and oxygen atoms in total. The number of methoxy groups -OCH3 is 2. The standard InChI is InChI=1S/C25H26F3N3O3/c1-33-16-24-9-10-30(19-8-7-17(12-29)21(11-19)25(26,27)28)13-18(24)14-31(15-24)23(32)20-5-3-4-6-22(20)34-2/h3-8,11,18H,9-10,13-16H2,1-2H3/t18-,24+/m1/s1. The van der Waals surface area contributed by atoms with Crippen LogP contribution in [0.3, 0.4) is 0 Å². The third-order valence-corrected chi connectivity index (χ3v) is 6.98. The van der Waals surface area contributed by atoms with Gasteiger partial charge in [-0.3, -0.25) is 4.79 Å². The number of alkyl halides is 3. The van der Waals surface area contributed by atoms with E-state index in [0.717, 1.165) is 6.07 Å². The van der Waals surface area contributed by atoms with Gasteiger partial charge < -0.3 is 19.3 Å². The van der Waals surface area contributed by atoms with E-state index in [9.17, 15) is 18.0 Å². The third kappa shape index (κ3) is 4.30. The lowest BCUT2D eigenvalue weighted by Gasteiger charge is -2.44. The summed E-state index contributed by atoms with van der Waals surface area (Å²) in [6.07, 6.45) is -3.94. The first-order valence-electron chi connectivity index (χ1n) is 11.0. The first kappa shape index (κ1) is 23.9. The van der Waals surface area contributed by atoms with Gasteiger partial charge in [-0.05, 0) is 36.8 Å². The van der Waals surface area contributed by atoms with Crippen molar-refractivity contribution >= 4 is 11.6 Å². The van der Waals surface area contributed by atoms with Crippen LogP contribution in [0.2, 0.25) is 0 Å². The molecule has 2 aromatic carbocycles. The van der Waals surface area contributed by atoms with Crippen LogP contribution in [0.1, 0.15) is 27.9 Å². The second kappa shape index (κ2) is 9.18. The Bertz CT molecular complexity index is 1110. The smallest absolute Gasteiger partial charge is 0.417 e. The minimum Gasteiger partial charge on any atom is -0.496 e. The lowest BCUT2D eigenvalue weighted by Crippen LogP contribution is -2.49. The molecule has 0 aliphatic carbocycles. The molecule has 4 rings (SSSR count). The van der Waals surface area contributed by atoms with Crippen molar-refractivity contribution in [3.05, 3.63) is 59.2 Å². The number of amides is 1. The number of carbonyl (C=O) groups is 1. The number of fused-ring (bicyclic) bond motifs is 1. The Balaban J connectivity index is 1.59. The van der Waals surface area contributed by atoms with Gasteiger partial charge in [0, 0.05) is 50.3 Å². The monoisotopic (exact) mass is 473 g/mol. The highest BCUT2D eigenvalue weighted by Crippen LogP contribution is 2.45. The lowest BCUT2D eigenvalue weighted by atomic mass is 9.73. The van der Waals surface area contributed by atoms with Gasteiger partial charge in [0.25, 0.3) is 5.91 Å². The normalized spacial score (nSPS) is 22.3. The molecule has 34 heavy (non-hydrogen) atoms. The number of nitrogens with zero attached hydrogens (tertiary/aromatic N) is 3. The van der Waals surface area contributed by atoms with Gasteiger partial charge in [0.1, 0.15) is 5.75 Å². The molecule has 2 aromatic rings. The third-order valence-electron chi connectivity index (χ3n) is 6.98. The molecule has 0 N–H and O–H groups in total. The van der Waals surface area contributed by atoms with Gasteiger partial charge in [-0.1, -0.05) is 12.1 Å². The molecule has 180 valence electrons. The van der Waals surface area contributed by atoms with Crippen molar-refractivity contribution in [3.63, 3.8) is 0 Å². The van der Waals surface area contributed by atoms with Gasteiger partial charge in [-0.2, -0.15) is 18.4 Å². The highest BCUT2D eigenvalue weighted by Gasteiger charge is 2.51. The number of hydrogen-bond donors (Lipinski definition) is 0. The predicted molar refractivity (Wildman–Crippen MR) is 120 cm³/mol. The Morgan fingerprint density at radius 1 is 1.21 bits per heavy atom.